The molecule has 1 fully saturated rings. The zero-order valence-corrected chi connectivity index (χ0v) is 9.80. The van der Waals surface area contributed by atoms with Crippen LogP contribution in [0.5, 0.6) is 0 Å². The summed E-state index contributed by atoms with van der Waals surface area (Å²) in [6.45, 7) is 4.03. The van der Waals surface area contributed by atoms with Gasteiger partial charge in [0.2, 0.25) is 0 Å². The fourth-order valence-electron chi connectivity index (χ4n) is 2.35. The SMILES string of the molecule is Cc1csc(C2(C(=O)O)CCC(C)C2)n1. The van der Waals surface area contributed by atoms with Gasteiger partial charge in [-0.25, -0.2) is 4.98 Å². The topological polar surface area (TPSA) is 50.2 Å². The summed E-state index contributed by atoms with van der Waals surface area (Å²) in [4.78, 5) is 15.8. The van der Waals surface area contributed by atoms with Crippen LogP contribution in [0.25, 0.3) is 0 Å². The first-order chi connectivity index (χ1) is 7.04. The largest absolute Gasteiger partial charge is 0.481 e. The van der Waals surface area contributed by atoms with Crippen LogP contribution in [-0.4, -0.2) is 16.1 Å². The van der Waals surface area contributed by atoms with E-state index < -0.39 is 11.4 Å². The molecule has 0 spiro atoms. The summed E-state index contributed by atoms with van der Waals surface area (Å²) in [5.41, 5.74) is 0.230. The first-order valence-corrected chi connectivity index (χ1v) is 6.08. The predicted octanol–water partition coefficient (Wildman–Crippen LogP) is 2.59. The minimum absolute atomic E-state index is 0.491. The standard InChI is InChI=1S/C11H15NO2S/c1-7-3-4-11(5-7,10(13)14)9-12-8(2)6-15-9/h6-7H,3-5H2,1-2H3,(H,13,14). The van der Waals surface area contributed by atoms with Crippen LogP contribution >= 0.6 is 11.3 Å². The van der Waals surface area contributed by atoms with E-state index >= 15 is 0 Å². The molecule has 1 heterocycles. The van der Waals surface area contributed by atoms with Gasteiger partial charge in [0.25, 0.3) is 0 Å². The van der Waals surface area contributed by atoms with E-state index in [4.69, 9.17) is 0 Å². The second-order valence-electron chi connectivity index (χ2n) is 4.53. The lowest BCUT2D eigenvalue weighted by Crippen LogP contribution is -2.32. The Morgan fingerprint density at radius 2 is 2.47 bits per heavy atom. The van der Waals surface area contributed by atoms with Gasteiger partial charge in [0.15, 0.2) is 0 Å². The van der Waals surface area contributed by atoms with Crippen LogP contribution in [0.1, 0.15) is 36.9 Å². The Hall–Kier alpha value is -0.900. The van der Waals surface area contributed by atoms with Crippen molar-refractivity contribution in [3.8, 4) is 0 Å². The highest BCUT2D eigenvalue weighted by molar-refractivity contribution is 7.10. The van der Waals surface area contributed by atoms with E-state index in [2.05, 4.69) is 11.9 Å². The summed E-state index contributed by atoms with van der Waals surface area (Å²) in [6.07, 6.45) is 2.46. The average Bonchev–Trinajstić information content (AvgIpc) is 2.72. The molecule has 1 aliphatic carbocycles. The third-order valence-electron chi connectivity index (χ3n) is 3.20. The van der Waals surface area contributed by atoms with Crippen molar-refractivity contribution in [3.63, 3.8) is 0 Å². The molecule has 1 aromatic rings. The number of aliphatic carboxylic acids is 1. The number of carboxylic acid groups (broad SMARTS) is 1. The summed E-state index contributed by atoms with van der Waals surface area (Å²) in [6, 6.07) is 0. The molecule has 2 unspecified atom stereocenters. The molecule has 0 bridgehead atoms. The number of hydrogen-bond donors (Lipinski definition) is 1. The Labute approximate surface area is 93.2 Å². The quantitative estimate of drug-likeness (QED) is 0.841. The number of hydrogen-bond acceptors (Lipinski definition) is 3. The van der Waals surface area contributed by atoms with Gasteiger partial charge in [0.1, 0.15) is 10.4 Å². The molecule has 2 rings (SSSR count). The highest BCUT2D eigenvalue weighted by Crippen LogP contribution is 2.45. The van der Waals surface area contributed by atoms with Crippen LogP contribution in [0.2, 0.25) is 0 Å². The summed E-state index contributed by atoms with van der Waals surface area (Å²) in [7, 11) is 0. The van der Waals surface area contributed by atoms with Gasteiger partial charge in [0, 0.05) is 11.1 Å². The first kappa shape index (κ1) is 10.6. The lowest BCUT2D eigenvalue weighted by Gasteiger charge is -2.21. The molecule has 1 saturated carbocycles. The smallest absolute Gasteiger partial charge is 0.316 e. The van der Waals surface area contributed by atoms with Crippen molar-refractivity contribution >= 4 is 17.3 Å². The van der Waals surface area contributed by atoms with E-state index in [9.17, 15) is 9.90 Å². The Morgan fingerprint density at radius 1 is 1.73 bits per heavy atom. The van der Waals surface area contributed by atoms with Gasteiger partial charge >= 0.3 is 5.97 Å². The number of carboxylic acids is 1. The molecule has 1 N–H and O–H groups in total. The Morgan fingerprint density at radius 3 is 2.87 bits per heavy atom. The fraction of sp³-hybridized carbons (Fsp3) is 0.636. The number of aryl methyl sites for hydroxylation is 1. The van der Waals surface area contributed by atoms with Crippen LogP contribution in [-0.2, 0) is 10.2 Å². The van der Waals surface area contributed by atoms with Gasteiger partial charge in [-0.1, -0.05) is 6.92 Å². The molecule has 0 radical (unpaired) electrons. The van der Waals surface area contributed by atoms with Gasteiger partial charge in [-0.05, 0) is 32.1 Å². The minimum Gasteiger partial charge on any atom is -0.481 e. The van der Waals surface area contributed by atoms with Crippen molar-refractivity contribution in [3.05, 3.63) is 16.1 Å². The van der Waals surface area contributed by atoms with E-state index in [1.54, 1.807) is 0 Å². The van der Waals surface area contributed by atoms with Crippen LogP contribution in [0.4, 0.5) is 0 Å². The second kappa shape index (κ2) is 3.59. The molecule has 15 heavy (non-hydrogen) atoms. The van der Waals surface area contributed by atoms with E-state index in [0.29, 0.717) is 5.92 Å². The summed E-state index contributed by atoms with van der Waals surface area (Å²) < 4.78 is 0. The van der Waals surface area contributed by atoms with Gasteiger partial charge in [-0.3, -0.25) is 4.79 Å². The van der Waals surface area contributed by atoms with Crippen molar-refractivity contribution in [2.45, 2.75) is 38.5 Å². The maximum Gasteiger partial charge on any atom is 0.316 e. The van der Waals surface area contributed by atoms with Gasteiger partial charge in [-0.15, -0.1) is 11.3 Å². The van der Waals surface area contributed by atoms with E-state index in [-0.39, 0.29) is 0 Å². The maximum absolute atomic E-state index is 11.4. The number of thiazole rings is 1. The average molecular weight is 225 g/mol. The lowest BCUT2D eigenvalue weighted by molar-refractivity contribution is -0.143. The molecule has 0 aliphatic heterocycles. The molecule has 3 nitrogen and oxygen atoms in total. The minimum atomic E-state index is -0.707. The summed E-state index contributed by atoms with van der Waals surface area (Å²) in [5, 5.41) is 12.1. The number of nitrogens with zero attached hydrogens (tertiary/aromatic N) is 1. The fourth-order valence-corrected chi connectivity index (χ4v) is 3.38. The molecule has 2 atom stereocenters. The lowest BCUT2D eigenvalue weighted by atomic mass is 9.86. The van der Waals surface area contributed by atoms with Crippen LogP contribution < -0.4 is 0 Å². The van der Waals surface area contributed by atoms with E-state index in [0.717, 1.165) is 30.0 Å². The molecule has 4 heteroatoms. The normalized spacial score (nSPS) is 30.7. The first-order valence-electron chi connectivity index (χ1n) is 5.20. The van der Waals surface area contributed by atoms with Crippen molar-refractivity contribution in [1.29, 1.82) is 0 Å². The van der Waals surface area contributed by atoms with E-state index in [1.807, 2.05) is 12.3 Å². The van der Waals surface area contributed by atoms with Crippen LogP contribution in [0.15, 0.2) is 5.38 Å². The summed E-state index contributed by atoms with van der Waals surface area (Å²) >= 11 is 1.48. The molecule has 1 aromatic heterocycles. The monoisotopic (exact) mass is 225 g/mol. The highest BCUT2D eigenvalue weighted by atomic mass is 32.1. The van der Waals surface area contributed by atoms with Crippen molar-refractivity contribution < 1.29 is 9.90 Å². The van der Waals surface area contributed by atoms with Crippen LogP contribution in [0.3, 0.4) is 0 Å². The van der Waals surface area contributed by atoms with Crippen LogP contribution in [0, 0.1) is 12.8 Å². The van der Waals surface area contributed by atoms with Crippen molar-refractivity contribution in [2.75, 3.05) is 0 Å². The molecule has 0 amide bonds. The van der Waals surface area contributed by atoms with Crippen molar-refractivity contribution in [2.24, 2.45) is 5.92 Å². The third-order valence-corrected chi connectivity index (χ3v) is 4.36. The Balaban J connectivity index is 2.40. The highest BCUT2D eigenvalue weighted by Gasteiger charge is 2.47. The molecule has 1 aliphatic rings. The summed E-state index contributed by atoms with van der Waals surface area (Å²) in [5.74, 6) is -0.216. The maximum atomic E-state index is 11.4. The number of rotatable bonds is 2. The number of carbonyl (C=O) groups is 1. The van der Waals surface area contributed by atoms with Gasteiger partial charge in [0.05, 0.1) is 0 Å². The zero-order valence-electron chi connectivity index (χ0n) is 8.99. The predicted molar refractivity (Wildman–Crippen MR) is 59.2 cm³/mol. The third kappa shape index (κ3) is 1.67. The molecule has 0 aromatic carbocycles. The molecular weight excluding hydrogens is 210 g/mol. The second-order valence-corrected chi connectivity index (χ2v) is 5.39. The van der Waals surface area contributed by atoms with Gasteiger partial charge < -0.3 is 5.11 Å². The molecule has 0 saturated heterocycles. The van der Waals surface area contributed by atoms with E-state index in [1.165, 1.54) is 11.3 Å². The Bertz CT molecular complexity index is 388. The zero-order chi connectivity index (χ0) is 11.1. The number of aromatic nitrogens is 1. The van der Waals surface area contributed by atoms with Gasteiger partial charge in [-0.2, -0.15) is 0 Å². The molecular formula is C11H15NO2S. The Kier molecular flexibility index (Phi) is 2.54. The molecule has 82 valence electrons. The van der Waals surface area contributed by atoms with Crippen molar-refractivity contribution in [1.82, 2.24) is 4.98 Å².